The summed E-state index contributed by atoms with van der Waals surface area (Å²) in [5.74, 6) is 0. The molecule has 0 aliphatic heterocycles. The van der Waals surface area contributed by atoms with Crippen LogP contribution in [0.15, 0.2) is 291 Å². The van der Waals surface area contributed by atoms with Crippen molar-refractivity contribution in [3.05, 3.63) is 291 Å². The van der Waals surface area contributed by atoms with Crippen LogP contribution >= 0.6 is 0 Å². The number of benzene rings is 11. The lowest BCUT2D eigenvalue weighted by Crippen LogP contribution is -2.74. The first-order valence-electron chi connectivity index (χ1n) is 26.4. The summed E-state index contributed by atoms with van der Waals surface area (Å²) in [5, 5.41) is 12.5. The summed E-state index contributed by atoms with van der Waals surface area (Å²) in [6.07, 6.45) is 0. The van der Waals surface area contributed by atoms with Crippen molar-refractivity contribution in [1.82, 2.24) is 9.13 Å². The second kappa shape index (κ2) is 17.2. The highest BCUT2D eigenvalue weighted by Crippen LogP contribution is 2.42. The van der Waals surface area contributed by atoms with Gasteiger partial charge in [0.15, 0.2) is 16.1 Å². The van der Waals surface area contributed by atoms with Crippen molar-refractivity contribution in [2.75, 3.05) is 0 Å². The molecule has 13 aromatic rings. The van der Waals surface area contributed by atoms with Crippen LogP contribution in [-0.4, -0.2) is 25.3 Å². The van der Waals surface area contributed by atoms with Crippen LogP contribution in [0.5, 0.6) is 0 Å². The molecule has 0 saturated heterocycles. The van der Waals surface area contributed by atoms with Gasteiger partial charge in [-0.25, -0.2) is 0 Å². The Labute approximate surface area is 417 Å². The summed E-state index contributed by atoms with van der Waals surface area (Å²) < 4.78 is 51.4. The Morgan fingerprint density at radius 1 is 0.271 bits per heavy atom. The number of aromatic nitrogens is 2. The third-order valence-electron chi connectivity index (χ3n) is 14.5. The van der Waals surface area contributed by atoms with E-state index in [1.54, 1.807) is 0 Å². The van der Waals surface area contributed by atoms with Gasteiger partial charge in [0.25, 0.3) is 0 Å². The van der Waals surface area contributed by atoms with Crippen LogP contribution in [-0.2, 0) is 0 Å². The predicted octanol–water partition coefficient (Wildman–Crippen LogP) is 10.6. The van der Waals surface area contributed by atoms with E-state index in [4.69, 9.17) is 4.11 Å². The van der Waals surface area contributed by atoms with Crippen LogP contribution < -0.4 is 41.5 Å². The SMILES string of the molecule is [2H]c1c([2H])c([2H])c([Si](c2ccccc2)(c2ccccc2)c2ccc3c(c2)c2c(ccc4c5ccccc5n(-c5ccccc5)c42)n3-c2cccc([Si](c3ccccc3)(c3ccccc3)c3ccccc3)c2)c([2H])c1[2H]. The van der Waals surface area contributed by atoms with E-state index in [0.717, 1.165) is 70.5 Å². The molecule has 2 nitrogen and oxygen atoms in total. The van der Waals surface area contributed by atoms with Gasteiger partial charge in [0, 0.05) is 32.9 Å². The number of nitrogens with zero attached hydrogens (tertiary/aromatic N) is 2. The molecule has 2 aromatic heterocycles. The predicted molar refractivity (Wildman–Crippen MR) is 302 cm³/mol. The smallest absolute Gasteiger partial charge is 0.179 e. The third-order valence-corrected chi connectivity index (χ3v) is 23.8. The largest absolute Gasteiger partial charge is 0.309 e. The number of para-hydroxylation sites is 2. The highest BCUT2D eigenvalue weighted by molar-refractivity contribution is 7.20. The molecule has 0 bridgehead atoms. The van der Waals surface area contributed by atoms with Gasteiger partial charge in [-0.1, -0.05) is 249 Å². The fourth-order valence-electron chi connectivity index (χ4n) is 11.6. The molecule has 13 rings (SSSR count). The zero-order valence-corrected chi connectivity index (χ0v) is 40.2. The van der Waals surface area contributed by atoms with E-state index in [2.05, 4.69) is 234 Å². The Hall–Kier alpha value is -8.55. The molecule has 2 heterocycles. The van der Waals surface area contributed by atoms with E-state index in [9.17, 15) is 2.74 Å². The summed E-state index contributed by atoms with van der Waals surface area (Å²) in [7, 11) is -6.74. The van der Waals surface area contributed by atoms with Crippen LogP contribution in [0.1, 0.15) is 6.85 Å². The van der Waals surface area contributed by atoms with Crippen molar-refractivity contribution in [3.63, 3.8) is 0 Å². The molecule has 0 N–H and O–H groups in total. The first-order valence-corrected chi connectivity index (χ1v) is 27.9. The van der Waals surface area contributed by atoms with Gasteiger partial charge in [0.2, 0.25) is 0 Å². The van der Waals surface area contributed by atoms with E-state index >= 15 is 0 Å². The lowest BCUT2D eigenvalue weighted by Gasteiger charge is -2.35. The quantitative estimate of drug-likeness (QED) is 0.0955. The van der Waals surface area contributed by atoms with Crippen LogP contribution in [0.3, 0.4) is 0 Å². The minimum absolute atomic E-state index is 0.186. The molecule has 0 atom stereocenters. The van der Waals surface area contributed by atoms with Gasteiger partial charge >= 0.3 is 0 Å². The molecule has 0 radical (unpaired) electrons. The van der Waals surface area contributed by atoms with Crippen molar-refractivity contribution >= 4 is 101 Å². The summed E-state index contributed by atoms with van der Waals surface area (Å²) >= 11 is 0. The Morgan fingerprint density at radius 2 is 0.700 bits per heavy atom. The molecule has 0 aliphatic rings. The van der Waals surface area contributed by atoms with E-state index in [1.165, 1.54) is 20.7 Å². The summed E-state index contributed by atoms with van der Waals surface area (Å²) in [5.41, 5.74) is 6.21. The maximum atomic E-state index is 9.76. The second-order valence-corrected chi connectivity index (χ2v) is 25.5. The van der Waals surface area contributed by atoms with Gasteiger partial charge < -0.3 is 9.13 Å². The topological polar surface area (TPSA) is 9.86 Å². The van der Waals surface area contributed by atoms with Crippen molar-refractivity contribution < 1.29 is 6.85 Å². The number of hydrogen-bond acceptors (Lipinski definition) is 0. The molecule has 330 valence electrons. The maximum absolute atomic E-state index is 9.76. The maximum Gasteiger partial charge on any atom is 0.179 e. The minimum Gasteiger partial charge on any atom is -0.309 e. The van der Waals surface area contributed by atoms with Crippen molar-refractivity contribution in [1.29, 1.82) is 0 Å². The average molecular weight is 930 g/mol. The van der Waals surface area contributed by atoms with Crippen molar-refractivity contribution in [3.8, 4) is 11.4 Å². The van der Waals surface area contributed by atoms with Gasteiger partial charge in [0.05, 0.1) is 28.9 Å². The lowest BCUT2D eigenvalue weighted by atomic mass is 10.1. The second-order valence-electron chi connectivity index (χ2n) is 18.0. The number of rotatable bonds is 10. The summed E-state index contributed by atoms with van der Waals surface area (Å²) in [4.78, 5) is 0. The molecule has 11 aromatic carbocycles. The summed E-state index contributed by atoms with van der Waals surface area (Å²) in [6.45, 7) is 0. The lowest BCUT2D eigenvalue weighted by molar-refractivity contribution is 1.18. The van der Waals surface area contributed by atoms with Gasteiger partial charge in [-0.2, -0.15) is 0 Å². The Bertz CT molecular complexity index is 4120. The van der Waals surface area contributed by atoms with Gasteiger partial charge in [-0.15, -0.1) is 0 Å². The normalized spacial score (nSPS) is 13.0. The number of fused-ring (bicyclic) bond motifs is 7. The fourth-order valence-corrected chi connectivity index (χ4v) is 20.8. The average Bonchev–Trinajstić information content (AvgIpc) is 4.03. The Kier molecular flexibility index (Phi) is 8.97. The zero-order chi connectivity index (χ0) is 50.8. The molecule has 0 aliphatic carbocycles. The molecule has 0 spiro atoms. The first-order chi connectivity index (χ1) is 36.8. The van der Waals surface area contributed by atoms with Crippen LogP contribution in [0.25, 0.3) is 55.0 Å². The molecule has 0 unspecified atom stereocenters. The third kappa shape index (κ3) is 6.38. The van der Waals surface area contributed by atoms with Crippen molar-refractivity contribution in [2.24, 2.45) is 0 Å². The molecule has 0 saturated carbocycles. The molecule has 70 heavy (non-hydrogen) atoms. The van der Waals surface area contributed by atoms with Gasteiger partial charge in [-0.05, 0) is 84.0 Å². The molecular weight excluding hydrogens is 877 g/mol. The first kappa shape index (κ1) is 36.5. The van der Waals surface area contributed by atoms with Crippen LogP contribution in [0.4, 0.5) is 0 Å². The molecule has 0 amide bonds. The molecular formula is C66H48N2Si2. The highest BCUT2D eigenvalue weighted by atomic mass is 28.3. The van der Waals surface area contributed by atoms with Crippen LogP contribution in [0.2, 0.25) is 0 Å². The van der Waals surface area contributed by atoms with Gasteiger partial charge in [-0.3, -0.25) is 0 Å². The molecule has 0 fully saturated rings. The monoisotopic (exact) mass is 929 g/mol. The minimum atomic E-state index is -3.78. The van der Waals surface area contributed by atoms with E-state index in [1.807, 2.05) is 36.4 Å². The fraction of sp³-hybridized carbons (Fsp3) is 0. The number of hydrogen-bond donors (Lipinski definition) is 0. The van der Waals surface area contributed by atoms with E-state index in [0.29, 0.717) is 5.19 Å². The standard InChI is InChI=1S/C66H48N2Si2/c1-8-25-49(26-9-1)68-62-42-23-22-41-59(62)60-44-46-64-65(66(60)68)61-48-58(70(54-34-16-5-17-35-54,55-36-18-6-19-37-55)56-38-20-7-21-39-56)43-45-63(61)67(64)50-27-24-40-57(47-50)69(51-28-10-2-11-29-51,52-30-12-3-13-31-52)53-32-14-4-15-33-53/h1-48H/i5D,16D,17D,34D,35D. The zero-order valence-electron chi connectivity index (χ0n) is 43.2. The summed E-state index contributed by atoms with van der Waals surface area (Å²) in [6, 6.07) is 91.4. The Morgan fingerprint density at radius 3 is 1.26 bits per heavy atom. The van der Waals surface area contributed by atoms with Gasteiger partial charge in [0.1, 0.15) is 0 Å². The van der Waals surface area contributed by atoms with Crippen LogP contribution in [0, 0.1) is 0 Å². The highest BCUT2D eigenvalue weighted by Gasteiger charge is 2.43. The van der Waals surface area contributed by atoms with E-state index < -0.39 is 22.2 Å². The molecule has 4 heteroatoms. The van der Waals surface area contributed by atoms with E-state index in [-0.39, 0.29) is 24.2 Å². The van der Waals surface area contributed by atoms with Crippen molar-refractivity contribution in [2.45, 2.75) is 0 Å². The Balaban J connectivity index is 1.20.